The van der Waals surface area contributed by atoms with E-state index in [0.29, 0.717) is 41.2 Å². The van der Waals surface area contributed by atoms with Gasteiger partial charge in [0.05, 0.1) is 6.10 Å². The van der Waals surface area contributed by atoms with Crippen molar-refractivity contribution in [3.63, 3.8) is 0 Å². The number of carbonyl (C=O) groups excluding carboxylic acids is 1. The highest BCUT2D eigenvalue weighted by atomic mass is 35.5. The van der Waals surface area contributed by atoms with Crippen LogP contribution in [-0.2, 0) is 4.79 Å². The Morgan fingerprint density at radius 2 is 2.15 bits per heavy atom. The Hall–Kier alpha value is -0.810. The van der Waals surface area contributed by atoms with E-state index in [-0.39, 0.29) is 5.91 Å². The highest BCUT2D eigenvalue weighted by molar-refractivity contribution is 6.33. The van der Waals surface area contributed by atoms with Crippen molar-refractivity contribution in [3.05, 3.63) is 33.8 Å². The number of halogens is 2. The predicted molar refractivity (Wildman–Crippen MR) is 80.1 cm³/mol. The van der Waals surface area contributed by atoms with Crippen LogP contribution in [0.2, 0.25) is 10.0 Å². The first kappa shape index (κ1) is 15.6. The third kappa shape index (κ3) is 4.94. The first-order valence-corrected chi connectivity index (χ1v) is 7.45. The monoisotopic (exact) mass is 316 g/mol. The van der Waals surface area contributed by atoms with Gasteiger partial charge in [0.25, 0.3) is 0 Å². The third-order valence-electron chi connectivity index (χ3n) is 3.13. The molecular formula is C14H18Cl2N2O2. The van der Waals surface area contributed by atoms with E-state index in [9.17, 15) is 9.90 Å². The number of amides is 1. The molecule has 1 aromatic carbocycles. The lowest BCUT2D eigenvalue weighted by Gasteiger charge is -2.14. The van der Waals surface area contributed by atoms with Crippen LogP contribution in [0.15, 0.2) is 18.2 Å². The molecule has 0 spiro atoms. The molecular weight excluding hydrogens is 299 g/mol. The second kappa shape index (κ2) is 7.27. The molecule has 1 aliphatic rings. The Balaban J connectivity index is 1.70. The van der Waals surface area contributed by atoms with Gasteiger partial charge in [0, 0.05) is 41.2 Å². The molecule has 1 fully saturated rings. The molecule has 1 unspecified atom stereocenters. The number of rotatable bonds is 7. The molecule has 0 bridgehead atoms. The average molecular weight is 317 g/mol. The van der Waals surface area contributed by atoms with E-state index in [1.54, 1.807) is 18.2 Å². The van der Waals surface area contributed by atoms with E-state index < -0.39 is 6.10 Å². The fourth-order valence-electron chi connectivity index (χ4n) is 1.85. The van der Waals surface area contributed by atoms with Crippen molar-refractivity contribution in [2.24, 2.45) is 0 Å². The van der Waals surface area contributed by atoms with E-state index in [1.807, 2.05) is 0 Å². The number of aliphatic hydroxyl groups excluding tert-OH is 1. The van der Waals surface area contributed by atoms with Gasteiger partial charge in [-0.3, -0.25) is 4.79 Å². The zero-order valence-electron chi connectivity index (χ0n) is 11.0. The molecule has 20 heavy (non-hydrogen) atoms. The Kier molecular flexibility index (Phi) is 5.66. The Morgan fingerprint density at radius 1 is 1.40 bits per heavy atom. The van der Waals surface area contributed by atoms with Crippen LogP contribution in [0.25, 0.3) is 0 Å². The van der Waals surface area contributed by atoms with Crippen molar-refractivity contribution in [2.75, 3.05) is 13.1 Å². The zero-order chi connectivity index (χ0) is 14.5. The third-order valence-corrected chi connectivity index (χ3v) is 3.71. The van der Waals surface area contributed by atoms with Gasteiger partial charge in [-0.25, -0.2) is 0 Å². The minimum absolute atomic E-state index is 0.0512. The molecule has 0 saturated heterocycles. The molecule has 0 aromatic heterocycles. The maximum absolute atomic E-state index is 11.5. The Morgan fingerprint density at radius 3 is 2.85 bits per heavy atom. The summed E-state index contributed by atoms with van der Waals surface area (Å²) in [5, 5.41) is 17.0. The molecule has 2 rings (SSSR count). The van der Waals surface area contributed by atoms with Gasteiger partial charge in [-0.1, -0.05) is 23.2 Å². The maximum Gasteiger partial charge on any atom is 0.221 e. The van der Waals surface area contributed by atoms with Gasteiger partial charge in [0.1, 0.15) is 0 Å². The smallest absolute Gasteiger partial charge is 0.221 e. The summed E-state index contributed by atoms with van der Waals surface area (Å²) in [5.74, 6) is 0.0512. The summed E-state index contributed by atoms with van der Waals surface area (Å²) < 4.78 is 0. The molecule has 1 amide bonds. The maximum atomic E-state index is 11.5. The van der Waals surface area contributed by atoms with Gasteiger partial charge in [-0.15, -0.1) is 0 Å². The lowest BCUT2D eigenvalue weighted by atomic mass is 10.1. The topological polar surface area (TPSA) is 61.4 Å². The van der Waals surface area contributed by atoms with Crippen molar-refractivity contribution in [1.29, 1.82) is 0 Å². The Bertz CT molecular complexity index is 478. The number of hydrogen-bond donors (Lipinski definition) is 3. The van der Waals surface area contributed by atoms with Crippen LogP contribution in [0, 0.1) is 0 Å². The molecule has 0 heterocycles. The number of aliphatic hydroxyl groups is 1. The minimum atomic E-state index is -0.743. The SMILES string of the molecule is O=C(CCNCC(O)c1cc(Cl)ccc1Cl)NC1CC1. The van der Waals surface area contributed by atoms with Gasteiger partial charge < -0.3 is 15.7 Å². The van der Waals surface area contributed by atoms with E-state index in [2.05, 4.69) is 10.6 Å². The van der Waals surface area contributed by atoms with Crippen molar-refractivity contribution >= 4 is 29.1 Å². The number of nitrogens with one attached hydrogen (secondary N) is 2. The fraction of sp³-hybridized carbons (Fsp3) is 0.500. The lowest BCUT2D eigenvalue weighted by Crippen LogP contribution is -2.30. The number of hydrogen-bond acceptors (Lipinski definition) is 3. The van der Waals surface area contributed by atoms with E-state index in [4.69, 9.17) is 23.2 Å². The van der Waals surface area contributed by atoms with Crippen LogP contribution < -0.4 is 10.6 Å². The summed E-state index contributed by atoms with van der Waals surface area (Å²) in [4.78, 5) is 11.5. The standard InChI is InChI=1S/C14H18Cl2N2O2/c15-9-1-4-12(16)11(7-9)13(19)8-17-6-5-14(20)18-10-2-3-10/h1,4,7,10,13,17,19H,2-3,5-6,8H2,(H,18,20). The first-order chi connectivity index (χ1) is 9.56. The van der Waals surface area contributed by atoms with E-state index in [1.165, 1.54) is 0 Å². The summed E-state index contributed by atoms with van der Waals surface area (Å²) in [6.45, 7) is 0.852. The van der Waals surface area contributed by atoms with Gasteiger partial charge in [-0.2, -0.15) is 0 Å². The molecule has 4 nitrogen and oxygen atoms in total. The van der Waals surface area contributed by atoms with Crippen molar-refractivity contribution in [1.82, 2.24) is 10.6 Å². The zero-order valence-corrected chi connectivity index (χ0v) is 12.5. The normalized spacial score (nSPS) is 15.9. The number of carbonyl (C=O) groups is 1. The highest BCUT2D eigenvalue weighted by Gasteiger charge is 2.22. The molecule has 0 radical (unpaired) electrons. The Labute approximate surface area is 128 Å². The van der Waals surface area contributed by atoms with E-state index >= 15 is 0 Å². The molecule has 0 aliphatic heterocycles. The summed E-state index contributed by atoms with van der Waals surface area (Å²) in [6, 6.07) is 5.37. The van der Waals surface area contributed by atoms with Crippen molar-refractivity contribution < 1.29 is 9.90 Å². The van der Waals surface area contributed by atoms with E-state index in [0.717, 1.165) is 12.8 Å². The van der Waals surface area contributed by atoms with Gasteiger partial charge >= 0.3 is 0 Å². The quantitative estimate of drug-likeness (QED) is 0.676. The molecule has 6 heteroatoms. The lowest BCUT2D eigenvalue weighted by molar-refractivity contribution is -0.121. The molecule has 1 atom stereocenters. The molecule has 1 aromatic rings. The van der Waals surface area contributed by atoms with Crippen LogP contribution in [-0.4, -0.2) is 30.1 Å². The molecule has 110 valence electrons. The average Bonchev–Trinajstić information content (AvgIpc) is 3.21. The second-order valence-electron chi connectivity index (χ2n) is 4.98. The van der Waals surface area contributed by atoms with Crippen LogP contribution in [0.1, 0.15) is 30.9 Å². The predicted octanol–water partition coefficient (Wildman–Crippen LogP) is 2.29. The van der Waals surface area contributed by atoms with Gasteiger partial charge in [-0.05, 0) is 31.0 Å². The molecule has 1 aliphatic carbocycles. The van der Waals surface area contributed by atoms with Crippen LogP contribution in [0.3, 0.4) is 0 Å². The van der Waals surface area contributed by atoms with Crippen molar-refractivity contribution in [3.8, 4) is 0 Å². The van der Waals surface area contributed by atoms with Gasteiger partial charge in [0.2, 0.25) is 5.91 Å². The summed E-state index contributed by atoms with van der Waals surface area (Å²) in [5.41, 5.74) is 0.592. The van der Waals surface area contributed by atoms with Crippen LogP contribution in [0.5, 0.6) is 0 Å². The molecule has 1 saturated carbocycles. The minimum Gasteiger partial charge on any atom is -0.387 e. The second-order valence-corrected chi connectivity index (χ2v) is 5.82. The van der Waals surface area contributed by atoms with Crippen LogP contribution in [0.4, 0.5) is 0 Å². The largest absolute Gasteiger partial charge is 0.387 e. The van der Waals surface area contributed by atoms with Crippen molar-refractivity contribution in [2.45, 2.75) is 31.4 Å². The van der Waals surface area contributed by atoms with Gasteiger partial charge in [0.15, 0.2) is 0 Å². The summed E-state index contributed by atoms with van der Waals surface area (Å²) in [7, 11) is 0. The highest BCUT2D eigenvalue weighted by Crippen LogP contribution is 2.25. The van der Waals surface area contributed by atoms with Crippen LogP contribution >= 0.6 is 23.2 Å². The number of benzene rings is 1. The molecule has 3 N–H and O–H groups in total. The fourth-order valence-corrected chi connectivity index (χ4v) is 2.27. The summed E-state index contributed by atoms with van der Waals surface area (Å²) in [6.07, 6.45) is 1.84. The summed E-state index contributed by atoms with van der Waals surface area (Å²) >= 11 is 11.9. The first-order valence-electron chi connectivity index (χ1n) is 6.69.